The number of rotatable bonds is 0. The average molecular weight is 293 g/mol. The molecule has 0 aromatic rings. The zero-order chi connectivity index (χ0) is 0. The van der Waals surface area contributed by atoms with Crippen LogP contribution in [0.15, 0.2) is 0 Å². The number of hydrogen-bond donors (Lipinski definition) is 0. The molecule has 0 amide bonds. The molecule has 0 aromatic heterocycles. The Labute approximate surface area is 64.5 Å². The van der Waals surface area contributed by atoms with Crippen molar-refractivity contribution >= 4 is 33.7 Å². The molecule has 0 atom stereocenters. The Morgan fingerprint density at radius 2 is 0.400 bits per heavy atom. The van der Waals surface area contributed by atoms with Crippen LogP contribution in [0.4, 0.5) is 0 Å². The second-order valence-electron chi connectivity index (χ2n) is 0. The van der Waals surface area contributed by atoms with Crippen molar-refractivity contribution in [3.63, 3.8) is 0 Å². The molecule has 0 heterocycles. The van der Waals surface area contributed by atoms with E-state index in [1.807, 2.05) is 0 Å². The van der Waals surface area contributed by atoms with Crippen LogP contribution < -0.4 is 0 Å². The van der Waals surface area contributed by atoms with E-state index in [0.29, 0.717) is 0 Å². The summed E-state index contributed by atoms with van der Waals surface area (Å²) in [6.07, 6.45) is 0. The van der Waals surface area contributed by atoms with Crippen LogP contribution in [0.1, 0.15) is 0 Å². The molecule has 0 aliphatic carbocycles. The van der Waals surface area contributed by atoms with Gasteiger partial charge < -0.3 is 0 Å². The van der Waals surface area contributed by atoms with E-state index in [-0.39, 0.29) is 64.8 Å². The Hall–Kier alpha value is 1.31. The first kappa shape index (κ1) is 104. The van der Waals surface area contributed by atoms with Gasteiger partial charge in [-0.2, -0.15) is 0 Å². The van der Waals surface area contributed by atoms with Gasteiger partial charge in [0.1, 0.15) is 0 Å². The van der Waals surface area contributed by atoms with Gasteiger partial charge in [0.2, 0.25) is 0 Å². The molecule has 0 nitrogen and oxygen atoms in total. The van der Waals surface area contributed by atoms with Gasteiger partial charge in [-0.05, 0) is 0 Å². The monoisotopic (exact) mass is 294 g/mol. The first-order chi connectivity index (χ1) is 0. The van der Waals surface area contributed by atoms with Gasteiger partial charge in [0.25, 0.3) is 0 Å². The fourth-order valence-corrected chi connectivity index (χ4v) is 0. The molecule has 0 unspecified atom stereocenters. The molecule has 5 heteroatoms. The molecule has 0 bridgehead atoms. The zero-order valence-electron chi connectivity index (χ0n) is 0.500. The molecule has 0 saturated carbocycles. The van der Waals surface area contributed by atoms with E-state index in [9.17, 15) is 0 Å². The van der Waals surface area contributed by atoms with Crippen molar-refractivity contribution < 1.29 is 31.1 Å². The molecule has 0 saturated heterocycles. The normalized spacial score (nSPS) is 0. The van der Waals surface area contributed by atoms with Crippen molar-refractivity contribution in [2.45, 2.75) is 0 Å². The summed E-state index contributed by atoms with van der Waals surface area (Å²) in [7, 11) is 0. The molecule has 0 radical (unpaired) electrons. The summed E-state index contributed by atoms with van der Waals surface area (Å²) in [5.74, 6) is 0. The van der Waals surface area contributed by atoms with Crippen LogP contribution >= 0.6 is 0 Å². The fraction of sp³-hybridized carbons (Fsp3) is 0. The van der Waals surface area contributed by atoms with E-state index < -0.39 is 0 Å². The molecule has 5 heavy (non-hydrogen) atoms. The first-order valence-electron chi connectivity index (χ1n) is 0. The average Bonchev–Trinajstić information content (AvgIpc) is 0. The van der Waals surface area contributed by atoms with Gasteiger partial charge in [-0.15, -0.1) is 0 Å². The maximum absolute atomic E-state index is 0. The summed E-state index contributed by atoms with van der Waals surface area (Å²) < 4.78 is 0. The van der Waals surface area contributed by atoms with Crippen molar-refractivity contribution in [3.05, 3.63) is 0 Å². The van der Waals surface area contributed by atoms with Crippen LogP contribution in [0.3, 0.4) is 0 Å². The molecular weight excluding hydrogens is 281 g/mol. The van der Waals surface area contributed by atoms with Gasteiger partial charge in [-0.25, -0.2) is 0 Å². The van der Waals surface area contributed by atoms with Gasteiger partial charge >= 0.3 is 0 Å². The molecule has 0 N–H and O–H groups in total. The Bertz CT molecular complexity index is 3.61. The van der Waals surface area contributed by atoms with Crippen molar-refractivity contribution in [2.75, 3.05) is 0 Å². The minimum Gasteiger partial charge on any atom is 0 e. The van der Waals surface area contributed by atoms with Gasteiger partial charge in [-0.1, -0.05) is 0 Å². The molecule has 28 valence electrons. The molecule has 0 aliphatic rings. The van der Waals surface area contributed by atoms with E-state index in [4.69, 9.17) is 0 Å². The standard InChI is InChI=1S/4BH3.U/h4*1H3;. The molecule has 0 spiro atoms. The predicted molar refractivity (Wildman–Crippen MR) is 39.8 cm³/mol. The summed E-state index contributed by atoms with van der Waals surface area (Å²) >= 11 is 0. The zero-order valence-corrected chi connectivity index (χ0v) is 4.66. The summed E-state index contributed by atoms with van der Waals surface area (Å²) in [4.78, 5) is 0. The third-order valence-electron chi connectivity index (χ3n) is 0. The minimum atomic E-state index is 0. The molecule has 0 aromatic carbocycles. The van der Waals surface area contributed by atoms with E-state index in [2.05, 4.69) is 0 Å². The van der Waals surface area contributed by atoms with Crippen LogP contribution in [-0.4, -0.2) is 33.7 Å². The van der Waals surface area contributed by atoms with Crippen LogP contribution in [0.25, 0.3) is 0 Å². The van der Waals surface area contributed by atoms with Gasteiger partial charge in [-0.3, -0.25) is 0 Å². The fourth-order valence-electron chi connectivity index (χ4n) is 0. The predicted octanol–water partition coefficient (Wildman–Crippen LogP) is -4.74. The van der Waals surface area contributed by atoms with Gasteiger partial charge in [0.05, 0.1) is 33.7 Å². The van der Waals surface area contributed by atoms with E-state index in [1.54, 1.807) is 0 Å². The molecule has 0 fully saturated rings. The van der Waals surface area contributed by atoms with Crippen LogP contribution in [0.2, 0.25) is 0 Å². The van der Waals surface area contributed by atoms with Crippen molar-refractivity contribution in [1.82, 2.24) is 0 Å². The van der Waals surface area contributed by atoms with Crippen LogP contribution in [0, 0.1) is 31.1 Å². The summed E-state index contributed by atoms with van der Waals surface area (Å²) in [5.41, 5.74) is 0. The van der Waals surface area contributed by atoms with Crippen molar-refractivity contribution in [3.8, 4) is 0 Å². The maximum atomic E-state index is 0. The van der Waals surface area contributed by atoms with Crippen LogP contribution in [0.5, 0.6) is 0 Å². The van der Waals surface area contributed by atoms with E-state index >= 15 is 0 Å². The second-order valence-corrected chi connectivity index (χ2v) is 0. The third kappa shape index (κ3) is 33.9. The van der Waals surface area contributed by atoms with Crippen molar-refractivity contribution in [1.29, 1.82) is 0 Å². The smallest absolute Gasteiger partial charge is 0 e. The summed E-state index contributed by atoms with van der Waals surface area (Å²) in [5, 5.41) is 0. The first-order valence-corrected chi connectivity index (χ1v) is 0. The molecular formula is H12B4U. The number of hydrogen-bond acceptors (Lipinski definition) is 0. The topological polar surface area (TPSA) is 0 Å². The Morgan fingerprint density at radius 1 is 0.400 bits per heavy atom. The van der Waals surface area contributed by atoms with Gasteiger partial charge in [0, 0.05) is 31.1 Å². The molecule has 0 aliphatic heterocycles. The Kier molecular flexibility index (Phi) is 1190. The molecule has 0 rings (SSSR count). The van der Waals surface area contributed by atoms with E-state index in [1.165, 1.54) is 0 Å². The Morgan fingerprint density at radius 3 is 0.400 bits per heavy atom. The van der Waals surface area contributed by atoms with Gasteiger partial charge in [0.15, 0.2) is 0 Å². The van der Waals surface area contributed by atoms with Crippen LogP contribution in [-0.2, 0) is 0 Å². The third-order valence-corrected chi connectivity index (χ3v) is 0. The summed E-state index contributed by atoms with van der Waals surface area (Å²) in [6, 6.07) is 0. The quantitative estimate of drug-likeness (QED) is 0.394. The second kappa shape index (κ2) is 57.4. The largest absolute Gasteiger partial charge is 0.0814 e. The SMILES string of the molecule is B.B.B.B.[U]. The summed E-state index contributed by atoms with van der Waals surface area (Å²) in [6.45, 7) is 0. The van der Waals surface area contributed by atoms with Crippen molar-refractivity contribution in [2.24, 2.45) is 0 Å². The van der Waals surface area contributed by atoms with E-state index in [0.717, 1.165) is 0 Å². The maximum Gasteiger partial charge on any atom is 0.0814 e. The Balaban J connectivity index is 0. The minimum absolute atomic E-state index is 0.